The summed E-state index contributed by atoms with van der Waals surface area (Å²) in [5.41, 5.74) is 6.88. The average Bonchev–Trinajstić information content (AvgIpc) is 2.86. The second-order valence-electron chi connectivity index (χ2n) is 4.77. The lowest BCUT2D eigenvalue weighted by Crippen LogP contribution is -2.35. The van der Waals surface area contributed by atoms with Crippen LogP contribution in [0.3, 0.4) is 0 Å². The van der Waals surface area contributed by atoms with Crippen LogP contribution in [-0.4, -0.2) is 27.9 Å². The van der Waals surface area contributed by atoms with E-state index in [1.807, 2.05) is 29.3 Å². The second-order valence-corrected chi connectivity index (χ2v) is 5.62. The number of nitrogen functional groups attached to an aromatic ring is 1. The first-order chi connectivity index (χ1) is 9.24. The molecular formula is C13H16BrN5. The zero-order valence-electron chi connectivity index (χ0n) is 10.5. The number of halogens is 1. The summed E-state index contributed by atoms with van der Waals surface area (Å²) in [6, 6.07) is 4.36. The molecule has 3 heterocycles. The summed E-state index contributed by atoms with van der Waals surface area (Å²) in [4.78, 5) is 6.49. The van der Waals surface area contributed by atoms with Gasteiger partial charge in [0, 0.05) is 31.7 Å². The maximum Gasteiger partial charge on any atom is 0.145 e. The van der Waals surface area contributed by atoms with Gasteiger partial charge in [-0.15, -0.1) is 0 Å². The Morgan fingerprint density at radius 1 is 1.26 bits per heavy atom. The van der Waals surface area contributed by atoms with E-state index in [0.29, 0.717) is 11.9 Å². The third-order valence-electron chi connectivity index (χ3n) is 3.56. The molecule has 0 saturated carbocycles. The van der Waals surface area contributed by atoms with E-state index < -0.39 is 0 Å². The predicted octanol–water partition coefficient (Wildman–Crippen LogP) is 2.46. The molecule has 6 heteroatoms. The Kier molecular flexibility index (Phi) is 3.42. The maximum absolute atomic E-state index is 5.67. The second kappa shape index (κ2) is 5.21. The van der Waals surface area contributed by atoms with Crippen molar-refractivity contribution in [3.05, 3.63) is 35.2 Å². The first-order valence-corrected chi connectivity index (χ1v) is 7.18. The van der Waals surface area contributed by atoms with Crippen molar-refractivity contribution in [3.63, 3.8) is 0 Å². The van der Waals surface area contributed by atoms with Crippen molar-refractivity contribution in [2.75, 3.05) is 23.7 Å². The van der Waals surface area contributed by atoms with Crippen LogP contribution < -0.4 is 10.6 Å². The van der Waals surface area contributed by atoms with Crippen LogP contribution in [0.4, 0.5) is 11.5 Å². The smallest absolute Gasteiger partial charge is 0.145 e. The highest BCUT2D eigenvalue weighted by molar-refractivity contribution is 9.10. The van der Waals surface area contributed by atoms with Gasteiger partial charge in [0.05, 0.1) is 16.2 Å². The number of aromatic nitrogens is 3. The van der Waals surface area contributed by atoms with Crippen molar-refractivity contribution >= 4 is 27.4 Å². The van der Waals surface area contributed by atoms with E-state index in [1.54, 1.807) is 0 Å². The predicted molar refractivity (Wildman–Crippen MR) is 79.1 cm³/mol. The lowest BCUT2D eigenvalue weighted by Gasteiger charge is -2.34. The van der Waals surface area contributed by atoms with Gasteiger partial charge in [0.2, 0.25) is 0 Å². The highest BCUT2D eigenvalue weighted by Crippen LogP contribution is 2.30. The summed E-state index contributed by atoms with van der Waals surface area (Å²) in [5.74, 6) is 0.597. The molecule has 100 valence electrons. The van der Waals surface area contributed by atoms with E-state index in [2.05, 4.69) is 37.0 Å². The summed E-state index contributed by atoms with van der Waals surface area (Å²) >= 11 is 3.56. The van der Waals surface area contributed by atoms with E-state index in [-0.39, 0.29) is 0 Å². The van der Waals surface area contributed by atoms with Crippen LogP contribution in [0, 0.1) is 0 Å². The SMILES string of the molecule is Nc1ccn(C2CCN(c3ccncc3Br)CC2)n1. The van der Waals surface area contributed by atoms with Crippen LogP contribution in [0.2, 0.25) is 0 Å². The van der Waals surface area contributed by atoms with Gasteiger partial charge in [0.25, 0.3) is 0 Å². The monoisotopic (exact) mass is 321 g/mol. The zero-order chi connectivity index (χ0) is 13.2. The van der Waals surface area contributed by atoms with Crippen LogP contribution in [-0.2, 0) is 0 Å². The van der Waals surface area contributed by atoms with Gasteiger partial charge < -0.3 is 10.6 Å². The van der Waals surface area contributed by atoms with Crippen molar-refractivity contribution in [1.29, 1.82) is 0 Å². The molecule has 0 radical (unpaired) electrons. The van der Waals surface area contributed by atoms with Crippen molar-refractivity contribution in [2.24, 2.45) is 0 Å². The summed E-state index contributed by atoms with van der Waals surface area (Å²) in [5, 5.41) is 4.31. The topological polar surface area (TPSA) is 60.0 Å². The minimum Gasteiger partial charge on any atom is -0.382 e. The Hall–Kier alpha value is -1.56. The molecule has 0 atom stereocenters. The largest absolute Gasteiger partial charge is 0.382 e. The molecule has 0 aromatic carbocycles. The van der Waals surface area contributed by atoms with Gasteiger partial charge in [-0.05, 0) is 40.9 Å². The van der Waals surface area contributed by atoms with Crippen molar-refractivity contribution in [2.45, 2.75) is 18.9 Å². The lowest BCUT2D eigenvalue weighted by atomic mass is 10.0. The molecule has 3 rings (SSSR count). The van der Waals surface area contributed by atoms with Gasteiger partial charge in [0.1, 0.15) is 5.82 Å². The van der Waals surface area contributed by atoms with E-state index in [4.69, 9.17) is 5.73 Å². The molecule has 2 aromatic rings. The van der Waals surface area contributed by atoms with Crippen LogP contribution in [0.15, 0.2) is 35.2 Å². The minimum absolute atomic E-state index is 0.453. The minimum atomic E-state index is 0.453. The third kappa shape index (κ3) is 2.58. The number of anilines is 2. The van der Waals surface area contributed by atoms with Gasteiger partial charge in [-0.3, -0.25) is 9.67 Å². The van der Waals surface area contributed by atoms with Crippen molar-refractivity contribution in [3.8, 4) is 0 Å². The molecule has 0 amide bonds. The van der Waals surface area contributed by atoms with Gasteiger partial charge in [-0.2, -0.15) is 5.10 Å². The quantitative estimate of drug-likeness (QED) is 0.923. The van der Waals surface area contributed by atoms with Crippen LogP contribution in [0.1, 0.15) is 18.9 Å². The number of hydrogen-bond acceptors (Lipinski definition) is 4. The Labute approximate surface area is 120 Å². The Bertz CT molecular complexity index is 560. The number of nitrogens with zero attached hydrogens (tertiary/aromatic N) is 4. The Morgan fingerprint density at radius 3 is 2.68 bits per heavy atom. The molecule has 1 aliphatic rings. The van der Waals surface area contributed by atoms with Crippen LogP contribution in [0.25, 0.3) is 0 Å². The summed E-state index contributed by atoms with van der Waals surface area (Å²) in [6.07, 6.45) is 7.81. The molecule has 0 bridgehead atoms. The van der Waals surface area contributed by atoms with Crippen LogP contribution >= 0.6 is 15.9 Å². The molecule has 0 unspecified atom stereocenters. The Morgan fingerprint density at radius 2 is 2.05 bits per heavy atom. The molecule has 2 aromatic heterocycles. The van der Waals surface area contributed by atoms with Crippen molar-refractivity contribution in [1.82, 2.24) is 14.8 Å². The molecule has 0 spiro atoms. The van der Waals surface area contributed by atoms with Gasteiger partial charge in [-0.25, -0.2) is 0 Å². The summed E-state index contributed by atoms with van der Waals surface area (Å²) < 4.78 is 3.05. The molecular weight excluding hydrogens is 306 g/mol. The van der Waals surface area contributed by atoms with Crippen molar-refractivity contribution < 1.29 is 0 Å². The van der Waals surface area contributed by atoms with E-state index in [1.165, 1.54) is 5.69 Å². The fourth-order valence-electron chi connectivity index (χ4n) is 2.55. The highest BCUT2D eigenvalue weighted by atomic mass is 79.9. The van der Waals surface area contributed by atoms with E-state index in [0.717, 1.165) is 30.4 Å². The van der Waals surface area contributed by atoms with Crippen LogP contribution in [0.5, 0.6) is 0 Å². The fraction of sp³-hybridized carbons (Fsp3) is 0.385. The fourth-order valence-corrected chi connectivity index (χ4v) is 3.05. The first-order valence-electron chi connectivity index (χ1n) is 6.39. The average molecular weight is 322 g/mol. The zero-order valence-corrected chi connectivity index (χ0v) is 12.1. The third-order valence-corrected chi connectivity index (χ3v) is 4.17. The molecule has 1 aliphatic heterocycles. The first kappa shape index (κ1) is 12.5. The molecule has 0 aliphatic carbocycles. The standard InChI is InChI=1S/C13H16BrN5/c14-11-9-16-5-1-12(11)18-6-2-10(3-7-18)19-8-4-13(15)17-19/h1,4-5,8-10H,2-3,6-7H2,(H2,15,17). The molecule has 19 heavy (non-hydrogen) atoms. The summed E-state index contributed by atoms with van der Waals surface area (Å²) in [6.45, 7) is 2.04. The summed E-state index contributed by atoms with van der Waals surface area (Å²) in [7, 11) is 0. The molecule has 1 saturated heterocycles. The van der Waals surface area contributed by atoms with Gasteiger partial charge in [0.15, 0.2) is 0 Å². The number of piperidine rings is 1. The van der Waals surface area contributed by atoms with E-state index >= 15 is 0 Å². The maximum atomic E-state index is 5.67. The Balaban J connectivity index is 1.68. The molecule has 5 nitrogen and oxygen atoms in total. The number of nitrogens with two attached hydrogens (primary N) is 1. The van der Waals surface area contributed by atoms with E-state index in [9.17, 15) is 0 Å². The molecule has 1 fully saturated rings. The number of hydrogen-bond donors (Lipinski definition) is 1. The van der Waals surface area contributed by atoms with Gasteiger partial charge >= 0.3 is 0 Å². The lowest BCUT2D eigenvalue weighted by molar-refractivity contribution is 0.367. The number of rotatable bonds is 2. The normalized spacial score (nSPS) is 16.8. The molecule has 2 N–H and O–H groups in total. The highest BCUT2D eigenvalue weighted by Gasteiger charge is 2.22. The number of pyridine rings is 1. The van der Waals surface area contributed by atoms with Gasteiger partial charge in [-0.1, -0.05) is 0 Å².